The molecule has 0 heterocycles. The van der Waals surface area contributed by atoms with E-state index >= 15 is 0 Å². The molecular weight excluding hydrogens is 646 g/mol. The molecule has 0 saturated heterocycles. The lowest BCUT2D eigenvalue weighted by molar-refractivity contribution is 1.34. The molecule has 0 radical (unpaired) electrons. The van der Waals surface area contributed by atoms with Crippen molar-refractivity contribution in [2.45, 2.75) is 83.1 Å². The summed E-state index contributed by atoms with van der Waals surface area (Å²) >= 11 is 0. The van der Waals surface area contributed by atoms with E-state index in [1.807, 2.05) is 0 Å². The zero-order valence-electron chi connectivity index (χ0n) is 34.4. The largest absolute Gasteiger partial charge is 0.243 e. The highest BCUT2D eigenvalue weighted by Gasteiger charge is 2.33. The molecule has 0 aliphatic heterocycles. The lowest BCUT2D eigenvalue weighted by atomic mass is 9.33. The molecule has 0 nitrogen and oxygen atoms in total. The summed E-state index contributed by atoms with van der Waals surface area (Å²) in [6.45, 7) is 27.6. The highest BCUT2D eigenvalue weighted by Crippen LogP contribution is 2.34. The predicted octanol–water partition coefficient (Wildman–Crippen LogP) is 9.32. The fourth-order valence-corrected chi connectivity index (χ4v) is 10.8. The van der Waals surface area contributed by atoms with Crippen LogP contribution in [-0.2, 0) is 0 Å². The Morgan fingerprint density at radius 2 is 0.500 bits per heavy atom. The molecule has 0 atom stereocenters. The van der Waals surface area contributed by atoms with E-state index in [2.05, 4.69) is 180 Å². The molecule has 54 heavy (non-hydrogen) atoms. The number of benzene rings is 8. The van der Waals surface area contributed by atoms with Crippen molar-refractivity contribution in [3.63, 3.8) is 0 Å². The average molecular weight is 699 g/mol. The van der Waals surface area contributed by atoms with Crippen LogP contribution >= 0.6 is 0 Å². The van der Waals surface area contributed by atoms with Crippen LogP contribution in [0.3, 0.4) is 0 Å². The topological polar surface area (TPSA) is 0 Å². The number of hydrogen-bond donors (Lipinski definition) is 0. The van der Waals surface area contributed by atoms with E-state index in [9.17, 15) is 0 Å². The van der Waals surface area contributed by atoms with Crippen molar-refractivity contribution in [3.8, 4) is 0 Å². The maximum atomic E-state index is 2.47. The van der Waals surface area contributed by atoms with Crippen LogP contribution in [0.5, 0.6) is 0 Å². The normalized spacial score (nSPS) is 11.7. The first-order chi connectivity index (χ1) is 25.7. The Hall–Kier alpha value is -5.07. The van der Waals surface area contributed by atoms with Gasteiger partial charge in [0, 0.05) is 0 Å². The third kappa shape index (κ3) is 5.78. The van der Waals surface area contributed by atoms with Gasteiger partial charge >= 0.3 is 0 Å². The Bertz CT molecular complexity index is 2400. The van der Waals surface area contributed by atoms with Crippen LogP contribution in [0.1, 0.15) is 66.8 Å². The molecule has 0 bridgehead atoms. The molecule has 0 aliphatic carbocycles. The van der Waals surface area contributed by atoms with E-state index in [0.29, 0.717) is 0 Å². The van der Waals surface area contributed by atoms with Crippen molar-refractivity contribution in [1.82, 2.24) is 0 Å². The molecular formula is C52H52B2. The zero-order chi connectivity index (χ0) is 38.3. The second kappa shape index (κ2) is 13.3. The minimum Gasteiger partial charge on any atom is -0.0657 e. The van der Waals surface area contributed by atoms with Gasteiger partial charge in [-0.2, -0.15) is 0 Å². The van der Waals surface area contributed by atoms with Gasteiger partial charge in [-0.05, 0) is 115 Å². The van der Waals surface area contributed by atoms with Crippen LogP contribution in [0.25, 0.3) is 32.3 Å². The molecule has 0 saturated carbocycles. The van der Waals surface area contributed by atoms with Crippen LogP contribution in [-0.4, -0.2) is 13.4 Å². The Balaban J connectivity index is 1.48. The predicted molar refractivity (Wildman–Crippen MR) is 242 cm³/mol. The van der Waals surface area contributed by atoms with Crippen LogP contribution in [0.4, 0.5) is 0 Å². The number of rotatable bonds is 6. The highest BCUT2D eigenvalue weighted by molar-refractivity contribution is 6.99. The Labute approximate surface area is 324 Å². The molecule has 0 amide bonds. The zero-order valence-corrected chi connectivity index (χ0v) is 34.4. The van der Waals surface area contributed by atoms with E-state index < -0.39 is 0 Å². The van der Waals surface area contributed by atoms with Gasteiger partial charge in [-0.25, -0.2) is 0 Å². The van der Waals surface area contributed by atoms with Crippen molar-refractivity contribution in [3.05, 3.63) is 164 Å². The maximum Gasteiger partial charge on any atom is 0.243 e. The van der Waals surface area contributed by atoms with Gasteiger partial charge in [0.25, 0.3) is 0 Å². The molecule has 8 rings (SSSR count). The monoisotopic (exact) mass is 698 g/mol. The molecule has 0 N–H and O–H groups in total. The summed E-state index contributed by atoms with van der Waals surface area (Å²) < 4.78 is 0. The summed E-state index contributed by atoms with van der Waals surface area (Å²) in [6.07, 6.45) is 0. The molecule has 0 unspecified atom stereocenters. The SMILES string of the molecule is Cc1cc(C)c(B(c2c(C)cc(C)cc2C)c2ccc3ccc4ccc(B(c5c(C)cc(C)cc5C)c5c(C)cc(C)cc5C)c5ccc2c3c45)c(C)c1. The first-order valence-electron chi connectivity index (χ1n) is 19.7. The lowest BCUT2D eigenvalue weighted by Crippen LogP contribution is -2.56. The molecule has 8 aromatic rings. The van der Waals surface area contributed by atoms with E-state index in [4.69, 9.17) is 0 Å². The summed E-state index contributed by atoms with van der Waals surface area (Å²) in [4.78, 5) is 0. The van der Waals surface area contributed by atoms with Gasteiger partial charge in [-0.1, -0.05) is 197 Å². The molecule has 2 heteroatoms. The second-order valence-corrected chi connectivity index (χ2v) is 16.8. The maximum absolute atomic E-state index is 2.47. The lowest BCUT2D eigenvalue weighted by Gasteiger charge is -2.28. The summed E-state index contributed by atoms with van der Waals surface area (Å²) in [6, 6.07) is 38.3. The first-order valence-corrected chi connectivity index (χ1v) is 19.7. The quantitative estimate of drug-likeness (QED) is 0.120. The summed E-state index contributed by atoms with van der Waals surface area (Å²) in [5, 5.41) is 8.08. The average Bonchev–Trinajstić information content (AvgIpc) is 3.07. The molecule has 266 valence electrons. The van der Waals surface area contributed by atoms with E-state index in [1.54, 1.807) is 0 Å². The number of hydrogen-bond acceptors (Lipinski definition) is 0. The Kier molecular flexibility index (Phi) is 8.88. The second-order valence-electron chi connectivity index (χ2n) is 16.8. The van der Waals surface area contributed by atoms with Gasteiger partial charge in [0.05, 0.1) is 0 Å². The third-order valence-electron chi connectivity index (χ3n) is 12.5. The van der Waals surface area contributed by atoms with Crippen molar-refractivity contribution in [1.29, 1.82) is 0 Å². The van der Waals surface area contributed by atoms with Gasteiger partial charge in [0.15, 0.2) is 0 Å². The number of aryl methyl sites for hydroxylation is 12. The summed E-state index contributed by atoms with van der Waals surface area (Å²) in [5.41, 5.74) is 24.7. The molecule has 0 spiro atoms. The van der Waals surface area contributed by atoms with Crippen LogP contribution in [0.2, 0.25) is 0 Å². The van der Waals surface area contributed by atoms with Gasteiger partial charge in [0.1, 0.15) is 0 Å². The smallest absolute Gasteiger partial charge is 0.0657 e. The van der Waals surface area contributed by atoms with Crippen LogP contribution in [0.15, 0.2) is 97.1 Å². The molecule has 0 aromatic heterocycles. The summed E-state index contributed by atoms with van der Waals surface area (Å²) in [7, 11) is 0. The van der Waals surface area contributed by atoms with E-state index in [-0.39, 0.29) is 13.4 Å². The van der Waals surface area contributed by atoms with Crippen LogP contribution in [0, 0.1) is 83.1 Å². The minimum absolute atomic E-state index is 0.110. The van der Waals surface area contributed by atoms with Crippen molar-refractivity contribution >= 4 is 78.5 Å². The molecule has 0 fully saturated rings. The van der Waals surface area contributed by atoms with Gasteiger partial charge in [-0.15, -0.1) is 0 Å². The highest BCUT2D eigenvalue weighted by atomic mass is 14.2. The van der Waals surface area contributed by atoms with Gasteiger partial charge < -0.3 is 0 Å². The third-order valence-corrected chi connectivity index (χ3v) is 12.5. The van der Waals surface area contributed by atoms with Crippen molar-refractivity contribution in [2.24, 2.45) is 0 Å². The van der Waals surface area contributed by atoms with Crippen molar-refractivity contribution in [2.75, 3.05) is 0 Å². The molecule has 8 aromatic carbocycles. The molecule has 0 aliphatic rings. The van der Waals surface area contributed by atoms with Crippen LogP contribution < -0.4 is 32.8 Å². The van der Waals surface area contributed by atoms with Gasteiger partial charge in [0.2, 0.25) is 13.4 Å². The Morgan fingerprint density at radius 3 is 0.741 bits per heavy atom. The van der Waals surface area contributed by atoms with E-state index in [1.165, 1.54) is 132 Å². The fourth-order valence-electron chi connectivity index (χ4n) is 10.8. The first kappa shape index (κ1) is 35.9. The van der Waals surface area contributed by atoms with E-state index in [0.717, 1.165) is 0 Å². The summed E-state index contributed by atoms with van der Waals surface area (Å²) in [5.74, 6) is 0. The minimum atomic E-state index is 0.110. The standard InChI is InChI=1S/C52H52B2/c1-29-21-33(5)49(34(6)22-29)53(50-35(7)23-30(2)24-36(50)8)45-19-15-41-13-14-42-16-20-46(44-18-17-43(45)47(41)48(42)44)54(51-37(9)25-31(3)26-38(51)10)52-39(11)27-32(4)28-40(52)12/h13-28H,1-12H3. The fraction of sp³-hybridized carbons (Fsp3) is 0.231. The Morgan fingerprint density at radius 1 is 0.278 bits per heavy atom. The van der Waals surface area contributed by atoms with Gasteiger partial charge in [-0.3, -0.25) is 0 Å². The van der Waals surface area contributed by atoms with Crippen molar-refractivity contribution < 1.29 is 0 Å².